The number of carbonyl (C=O) groups excluding carboxylic acids is 1. The molecule has 1 aliphatic carbocycles. The van der Waals surface area contributed by atoms with Crippen LogP contribution in [-0.4, -0.2) is 5.91 Å². The summed E-state index contributed by atoms with van der Waals surface area (Å²) >= 11 is 0. The van der Waals surface area contributed by atoms with Crippen molar-refractivity contribution < 1.29 is 4.79 Å². The number of rotatable bonds is 5. The van der Waals surface area contributed by atoms with Crippen molar-refractivity contribution in [3.05, 3.63) is 120 Å². The lowest BCUT2D eigenvalue weighted by Crippen LogP contribution is -2.29. The maximum Gasteiger partial charge on any atom is 0.224 e. The highest BCUT2D eigenvalue weighted by Gasteiger charge is 2.38. The van der Waals surface area contributed by atoms with Crippen LogP contribution in [0.2, 0.25) is 0 Å². The van der Waals surface area contributed by atoms with Crippen LogP contribution in [0.4, 0.5) is 11.4 Å². The fourth-order valence-electron chi connectivity index (χ4n) is 5.53. The highest BCUT2D eigenvalue weighted by Crippen LogP contribution is 2.50. The molecule has 3 atom stereocenters. The number of anilines is 2. The number of nitrogens with one attached hydrogen (secondary N) is 2. The highest BCUT2D eigenvalue weighted by molar-refractivity contribution is 5.91. The molecule has 1 heterocycles. The van der Waals surface area contributed by atoms with E-state index in [4.69, 9.17) is 0 Å². The van der Waals surface area contributed by atoms with Crippen molar-refractivity contribution in [2.24, 2.45) is 5.92 Å². The first-order chi connectivity index (χ1) is 16.7. The molecule has 0 aromatic heterocycles. The van der Waals surface area contributed by atoms with Gasteiger partial charge < -0.3 is 10.6 Å². The average Bonchev–Trinajstić information content (AvgIpc) is 3.38. The first-order valence-electron chi connectivity index (χ1n) is 12.1. The first-order valence-corrected chi connectivity index (χ1v) is 12.1. The second-order valence-electron chi connectivity index (χ2n) is 9.42. The predicted octanol–water partition coefficient (Wildman–Crippen LogP) is 7.24. The van der Waals surface area contributed by atoms with Gasteiger partial charge in [-0.1, -0.05) is 78.9 Å². The Labute approximate surface area is 200 Å². The Morgan fingerprint density at radius 3 is 2.59 bits per heavy atom. The Morgan fingerprint density at radius 2 is 1.71 bits per heavy atom. The van der Waals surface area contributed by atoms with E-state index < -0.39 is 0 Å². The number of allylic oxidation sites excluding steroid dienone is 2. The number of fused-ring (bicyclic) bond motifs is 4. The Kier molecular flexibility index (Phi) is 5.38. The van der Waals surface area contributed by atoms with Gasteiger partial charge in [0.2, 0.25) is 5.91 Å². The fraction of sp³-hybridized carbons (Fsp3) is 0.194. The summed E-state index contributed by atoms with van der Waals surface area (Å²) in [4.78, 5) is 12.6. The molecule has 0 bridgehead atoms. The highest BCUT2D eigenvalue weighted by atomic mass is 16.1. The van der Waals surface area contributed by atoms with Crippen LogP contribution in [0, 0.1) is 5.92 Å². The average molecular weight is 445 g/mol. The zero-order valence-corrected chi connectivity index (χ0v) is 19.1. The molecule has 3 unspecified atom stereocenters. The molecule has 6 rings (SSSR count). The van der Waals surface area contributed by atoms with Crippen LogP contribution in [-0.2, 0) is 11.2 Å². The van der Waals surface area contributed by atoms with Gasteiger partial charge in [0.25, 0.3) is 0 Å². The second kappa shape index (κ2) is 8.83. The topological polar surface area (TPSA) is 41.1 Å². The summed E-state index contributed by atoms with van der Waals surface area (Å²) in [5.41, 5.74) is 5.83. The van der Waals surface area contributed by atoms with Crippen molar-refractivity contribution in [2.75, 3.05) is 10.6 Å². The van der Waals surface area contributed by atoms with Gasteiger partial charge in [-0.05, 0) is 70.5 Å². The maximum atomic E-state index is 12.6. The van der Waals surface area contributed by atoms with Gasteiger partial charge >= 0.3 is 0 Å². The SMILES string of the molecule is O=C(CCc1ccccc1)Nc1ccc2c(c1)C1C=CCC1C(c1ccc3ccccc3c1)N2. The molecular weight excluding hydrogens is 416 g/mol. The predicted molar refractivity (Wildman–Crippen MR) is 140 cm³/mol. The molecule has 2 N–H and O–H groups in total. The number of carbonyl (C=O) groups is 1. The number of benzene rings is 4. The van der Waals surface area contributed by atoms with E-state index in [1.165, 1.54) is 27.5 Å². The third-order valence-electron chi connectivity index (χ3n) is 7.26. The third-order valence-corrected chi connectivity index (χ3v) is 7.26. The van der Waals surface area contributed by atoms with Crippen LogP contribution in [0.1, 0.15) is 41.5 Å². The van der Waals surface area contributed by atoms with Crippen molar-refractivity contribution in [1.29, 1.82) is 0 Å². The molecule has 3 heteroatoms. The summed E-state index contributed by atoms with van der Waals surface area (Å²) in [5, 5.41) is 9.49. The Balaban J connectivity index is 1.22. The van der Waals surface area contributed by atoms with E-state index in [1.807, 2.05) is 24.3 Å². The summed E-state index contributed by atoms with van der Waals surface area (Å²) in [6.07, 6.45) is 6.95. The minimum Gasteiger partial charge on any atom is -0.378 e. The molecule has 4 aromatic carbocycles. The fourth-order valence-corrected chi connectivity index (χ4v) is 5.53. The molecule has 3 nitrogen and oxygen atoms in total. The van der Waals surface area contributed by atoms with E-state index in [2.05, 4.69) is 89.5 Å². The summed E-state index contributed by atoms with van der Waals surface area (Å²) in [6.45, 7) is 0. The lowest BCUT2D eigenvalue weighted by Gasteiger charge is -2.38. The lowest BCUT2D eigenvalue weighted by atomic mass is 9.76. The van der Waals surface area contributed by atoms with Gasteiger partial charge in [0.15, 0.2) is 0 Å². The largest absolute Gasteiger partial charge is 0.378 e. The van der Waals surface area contributed by atoms with Gasteiger partial charge in [0.1, 0.15) is 0 Å². The second-order valence-corrected chi connectivity index (χ2v) is 9.42. The van der Waals surface area contributed by atoms with E-state index in [-0.39, 0.29) is 11.9 Å². The van der Waals surface area contributed by atoms with Crippen LogP contribution in [0.3, 0.4) is 0 Å². The Bertz CT molecular complexity index is 1370. The quantitative estimate of drug-likeness (QED) is 0.319. The lowest BCUT2D eigenvalue weighted by molar-refractivity contribution is -0.116. The number of hydrogen-bond donors (Lipinski definition) is 2. The number of hydrogen-bond acceptors (Lipinski definition) is 2. The van der Waals surface area contributed by atoms with E-state index in [0.29, 0.717) is 18.3 Å². The van der Waals surface area contributed by atoms with Gasteiger partial charge in [-0.25, -0.2) is 0 Å². The van der Waals surface area contributed by atoms with Gasteiger partial charge in [-0.15, -0.1) is 0 Å². The van der Waals surface area contributed by atoms with E-state index in [0.717, 1.165) is 24.2 Å². The van der Waals surface area contributed by atoms with Crippen molar-refractivity contribution in [2.45, 2.75) is 31.2 Å². The molecule has 0 saturated heterocycles. The minimum absolute atomic E-state index is 0.0557. The molecule has 0 spiro atoms. The molecule has 1 amide bonds. The summed E-state index contributed by atoms with van der Waals surface area (Å²) in [6, 6.07) is 32.1. The monoisotopic (exact) mass is 444 g/mol. The van der Waals surface area contributed by atoms with Crippen LogP contribution >= 0.6 is 0 Å². The van der Waals surface area contributed by atoms with Crippen LogP contribution in [0.5, 0.6) is 0 Å². The summed E-state index contributed by atoms with van der Waals surface area (Å²) < 4.78 is 0. The van der Waals surface area contributed by atoms with E-state index in [9.17, 15) is 4.79 Å². The first kappa shape index (κ1) is 20.7. The number of amides is 1. The summed E-state index contributed by atoms with van der Waals surface area (Å²) in [5.74, 6) is 0.881. The van der Waals surface area contributed by atoms with Crippen molar-refractivity contribution >= 4 is 28.1 Å². The molecule has 0 radical (unpaired) electrons. The minimum atomic E-state index is 0.0557. The molecule has 168 valence electrons. The van der Waals surface area contributed by atoms with Crippen LogP contribution in [0.15, 0.2) is 103 Å². The maximum absolute atomic E-state index is 12.6. The zero-order valence-electron chi connectivity index (χ0n) is 19.1. The normalized spacial score (nSPS) is 20.4. The molecule has 1 aliphatic heterocycles. The van der Waals surface area contributed by atoms with Crippen LogP contribution in [0.25, 0.3) is 10.8 Å². The molecule has 0 fully saturated rings. The number of aryl methyl sites for hydroxylation is 1. The molecule has 34 heavy (non-hydrogen) atoms. The smallest absolute Gasteiger partial charge is 0.224 e. The third kappa shape index (κ3) is 3.99. The molecule has 2 aliphatic rings. The van der Waals surface area contributed by atoms with Crippen LogP contribution < -0.4 is 10.6 Å². The van der Waals surface area contributed by atoms with E-state index in [1.54, 1.807) is 0 Å². The van der Waals surface area contributed by atoms with Crippen molar-refractivity contribution in [3.8, 4) is 0 Å². The van der Waals surface area contributed by atoms with Crippen molar-refractivity contribution in [3.63, 3.8) is 0 Å². The molecular formula is C31H28N2O. The summed E-state index contributed by atoms with van der Waals surface area (Å²) in [7, 11) is 0. The van der Waals surface area contributed by atoms with Gasteiger partial charge in [0.05, 0.1) is 6.04 Å². The zero-order chi connectivity index (χ0) is 22.9. The molecule has 0 saturated carbocycles. The van der Waals surface area contributed by atoms with E-state index >= 15 is 0 Å². The Morgan fingerprint density at radius 1 is 0.882 bits per heavy atom. The van der Waals surface area contributed by atoms with Gasteiger partial charge in [-0.2, -0.15) is 0 Å². The standard InChI is InChI=1S/C31H28N2O/c34-30(18-13-21-7-2-1-3-8-21)32-25-16-17-29-28(20-25)26-11-6-12-27(26)31(33-29)24-15-14-22-9-4-5-10-23(22)19-24/h1-11,14-17,19-20,26-27,31,33H,12-13,18H2,(H,32,34). The van der Waals surface area contributed by atoms with Gasteiger partial charge in [-0.3, -0.25) is 4.79 Å². The Hall–Kier alpha value is -3.85. The van der Waals surface area contributed by atoms with Gasteiger partial charge in [0, 0.05) is 23.7 Å². The van der Waals surface area contributed by atoms with Crippen molar-refractivity contribution in [1.82, 2.24) is 0 Å². The molecule has 4 aromatic rings.